The molecule has 0 radical (unpaired) electrons. The molecule has 1 saturated heterocycles. The van der Waals surface area contributed by atoms with Crippen molar-refractivity contribution in [2.45, 2.75) is 50.9 Å². The monoisotopic (exact) mass is 508 g/mol. The van der Waals surface area contributed by atoms with Crippen LogP contribution in [-0.2, 0) is 29.5 Å². The second-order valence-electron chi connectivity index (χ2n) is 11.3. The Bertz CT molecular complexity index is 1340. The first-order valence-corrected chi connectivity index (χ1v) is 13.9. The number of para-hydroxylation sites is 1. The third-order valence-corrected chi connectivity index (χ3v) is 8.81. The van der Waals surface area contributed by atoms with Crippen molar-refractivity contribution >= 4 is 17.5 Å². The van der Waals surface area contributed by atoms with Gasteiger partial charge in [0.2, 0.25) is 5.91 Å². The molecule has 3 heterocycles. The number of amides is 2. The van der Waals surface area contributed by atoms with Crippen LogP contribution in [0.25, 0.3) is 0 Å². The first-order chi connectivity index (χ1) is 18.5. The molecule has 6 heteroatoms. The van der Waals surface area contributed by atoms with Crippen LogP contribution in [0.15, 0.2) is 60.8 Å². The Balaban J connectivity index is 0.971. The molecule has 1 unspecified atom stereocenters. The number of piperidine rings is 1. The van der Waals surface area contributed by atoms with Gasteiger partial charge in [0, 0.05) is 25.0 Å². The van der Waals surface area contributed by atoms with Gasteiger partial charge in [0.1, 0.15) is 5.69 Å². The highest BCUT2D eigenvalue weighted by molar-refractivity contribution is 6.07. The highest BCUT2D eigenvalue weighted by Crippen LogP contribution is 2.47. The number of likely N-dealkylation sites (tertiary alicyclic amines) is 1. The first kappa shape index (κ1) is 24.8. The first-order valence-electron chi connectivity index (χ1n) is 13.9. The zero-order valence-corrected chi connectivity index (χ0v) is 22.1. The van der Waals surface area contributed by atoms with Crippen molar-refractivity contribution in [1.82, 2.24) is 15.2 Å². The molecule has 2 aliphatic heterocycles. The lowest BCUT2D eigenvalue weighted by Crippen LogP contribution is -2.39. The number of nitrogens with zero attached hydrogens (tertiary/aromatic N) is 2. The Labute approximate surface area is 224 Å². The van der Waals surface area contributed by atoms with Gasteiger partial charge in [-0.05, 0) is 98.8 Å². The van der Waals surface area contributed by atoms with Crippen LogP contribution in [0.1, 0.15) is 57.6 Å². The second kappa shape index (κ2) is 10.3. The minimum Gasteiger partial charge on any atom is -0.349 e. The standard InChI is InChI=1S/C32H36N4O2/c1-22-6-8-23(9-7-22)10-11-24-12-15-36(16-13-24)17-14-33-30(37)29-18-25-19-32(20-26(25)21-34-29)27-4-2-3-5-28(27)35-31(32)38/h2-9,18,21,24H,10-17,19-20H2,1H3,(H,33,37)(H,35,38). The predicted molar refractivity (Wildman–Crippen MR) is 149 cm³/mol. The molecule has 1 atom stereocenters. The van der Waals surface area contributed by atoms with E-state index in [0.717, 1.165) is 54.4 Å². The highest BCUT2D eigenvalue weighted by Gasteiger charge is 2.50. The van der Waals surface area contributed by atoms with Gasteiger partial charge < -0.3 is 15.5 Å². The molecule has 38 heavy (non-hydrogen) atoms. The van der Waals surface area contributed by atoms with Crippen molar-refractivity contribution in [3.05, 3.63) is 94.3 Å². The number of rotatable bonds is 7. The van der Waals surface area contributed by atoms with Gasteiger partial charge in [0.05, 0.1) is 5.41 Å². The van der Waals surface area contributed by atoms with Crippen LogP contribution in [-0.4, -0.2) is 47.9 Å². The normalized spacial score (nSPS) is 20.8. The van der Waals surface area contributed by atoms with Gasteiger partial charge in [-0.15, -0.1) is 0 Å². The number of aryl methyl sites for hydroxylation is 2. The molecule has 2 aromatic carbocycles. The second-order valence-corrected chi connectivity index (χ2v) is 11.3. The molecule has 1 fully saturated rings. The number of pyridine rings is 1. The molecule has 1 aliphatic carbocycles. The number of benzene rings is 2. The predicted octanol–water partition coefficient (Wildman–Crippen LogP) is 4.45. The van der Waals surface area contributed by atoms with Crippen LogP contribution < -0.4 is 10.6 Å². The average Bonchev–Trinajstić information content (AvgIpc) is 3.46. The number of nitrogens with one attached hydrogen (secondary N) is 2. The summed E-state index contributed by atoms with van der Waals surface area (Å²) in [5.41, 5.74) is 6.65. The van der Waals surface area contributed by atoms with Gasteiger partial charge >= 0.3 is 0 Å². The molecule has 3 aliphatic rings. The van der Waals surface area contributed by atoms with Gasteiger partial charge in [-0.2, -0.15) is 0 Å². The molecule has 1 spiro atoms. The Hall–Kier alpha value is -3.51. The third-order valence-electron chi connectivity index (χ3n) is 8.81. The fraction of sp³-hybridized carbons (Fsp3) is 0.406. The van der Waals surface area contributed by atoms with E-state index >= 15 is 0 Å². The largest absolute Gasteiger partial charge is 0.349 e. The van der Waals surface area contributed by atoms with Crippen molar-refractivity contribution in [3.63, 3.8) is 0 Å². The lowest BCUT2D eigenvalue weighted by Gasteiger charge is -2.32. The number of carbonyl (C=O) groups is 2. The molecule has 2 N–H and O–H groups in total. The number of anilines is 1. The van der Waals surface area contributed by atoms with E-state index in [1.807, 2.05) is 30.3 Å². The smallest absolute Gasteiger partial charge is 0.269 e. The summed E-state index contributed by atoms with van der Waals surface area (Å²) in [6.07, 6.45) is 7.89. The van der Waals surface area contributed by atoms with Crippen molar-refractivity contribution in [2.24, 2.45) is 5.92 Å². The zero-order chi connectivity index (χ0) is 26.1. The van der Waals surface area contributed by atoms with E-state index in [1.165, 1.54) is 30.4 Å². The molecule has 6 nitrogen and oxygen atoms in total. The fourth-order valence-electron chi connectivity index (χ4n) is 6.45. The Morgan fingerprint density at radius 3 is 2.66 bits per heavy atom. The number of fused-ring (bicyclic) bond motifs is 3. The van der Waals surface area contributed by atoms with Gasteiger partial charge in [0.15, 0.2) is 0 Å². The van der Waals surface area contributed by atoms with Crippen molar-refractivity contribution < 1.29 is 9.59 Å². The average molecular weight is 509 g/mol. The summed E-state index contributed by atoms with van der Waals surface area (Å²) in [5.74, 6) is 0.688. The topological polar surface area (TPSA) is 74.3 Å². The van der Waals surface area contributed by atoms with Crippen LogP contribution >= 0.6 is 0 Å². The maximum Gasteiger partial charge on any atom is 0.269 e. The number of hydrogen-bond acceptors (Lipinski definition) is 4. The summed E-state index contributed by atoms with van der Waals surface area (Å²) in [6.45, 7) is 5.80. The summed E-state index contributed by atoms with van der Waals surface area (Å²) in [5, 5.41) is 6.10. The Kier molecular flexibility index (Phi) is 6.75. The van der Waals surface area contributed by atoms with Crippen LogP contribution in [0.2, 0.25) is 0 Å². The number of aromatic nitrogens is 1. The maximum atomic E-state index is 13.0. The molecular formula is C32H36N4O2. The van der Waals surface area contributed by atoms with Crippen LogP contribution in [0.4, 0.5) is 5.69 Å². The molecule has 0 bridgehead atoms. The quantitative estimate of drug-likeness (QED) is 0.495. The number of carbonyl (C=O) groups excluding carboxylic acids is 2. The zero-order valence-electron chi connectivity index (χ0n) is 22.1. The van der Waals surface area contributed by atoms with E-state index in [-0.39, 0.29) is 11.8 Å². The maximum absolute atomic E-state index is 13.0. The minimum atomic E-state index is -0.581. The molecule has 2 amide bonds. The van der Waals surface area contributed by atoms with E-state index in [9.17, 15) is 9.59 Å². The lowest BCUT2D eigenvalue weighted by atomic mass is 9.79. The van der Waals surface area contributed by atoms with Crippen LogP contribution in [0.5, 0.6) is 0 Å². The summed E-state index contributed by atoms with van der Waals surface area (Å²) in [6, 6.07) is 18.7. The fourth-order valence-corrected chi connectivity index (χ4v) is 6.45. The van der Waals surface area contributed by atoms with Crippen molar-refractivity contribution in [3.8, 4) is 0 Å². The molecule has 6 rings (SSSR count). The van der Waals surface area contributed by atoms with E-state index in [0.29, 0.717) is 25.1 Å². The van der Waals surface area contributed by atoms with Gasteiger partial charge in [0.25, 0.3) is 5.91 Å². The number of hydrogen-bond donors (Lipinski definition) is 2. The summed E-state index contributed by atoms with van der Waals surface area (Å²) in [7, 11) is 0. The van der Waals surface area contributed by atoms with Crippen LogP contribution in [0, 0.1) is 12.8 Å². The summed E-state index contributed by atoms with van der Waals surface area (Å²) >= 11 is 0. The SMILES string of the molecule is Cc1ccc(CCC2CCN(CCNC(=O)c3cc4c(cn3)CC3(C4)C(=O)Nc4ccccc43)CC2)cc1. The third kappa shape index (κ3) is 4.85. The van der Waals surface area contributed by atoms with Crippen LogP contribution in [0.3, 0.4) is 0 Å². The van der Waals surface area contributed by atoms with Gasteiger partial charge in [-0.3, -0.25) is 14.6 Å². The van der Waals surface area contributed by atoms with E-state index in [1.54, 1.807) is 6.20 Å². The van der Waals surface area contributed by atoms with Crippen molar-refractivity contribution in [1.29, 1.82) is 0 Å². The van der Waals surface area contributed by atoms with E-state index in [2.05, 4.69) is 51.7 Å². The van der Waals surface area contributed by atoms with Gasteiger partial charge in [-0.25, -0.2) is 0 Å². The molecule has 3 aromatic rings. The Morgan fingerprint density at radius 2 is 1.84 bits per heavy atom. The van der Waals surface area contributed by atoms with Crippen molar-refractivity contribution in [2.75, 3.05) is 31.5 Å². The minimum absolute atomic E-state index is 0.0415. The Morgan fingerprint density at radius 1 is 1.08 bits per heavy atom. The van der Waals surface area contributed by atoms with E-state index < -0.39 is 5.41 Å². The highest BCUT2D eigenvalue weighted by atomic mass is 16.2. The molecule has 1 aromatic heterocycles. The summed E-state index contributed by atoms with van der Waals surface area (Å²) < 4.78 is 0. The summed E-state index contributed by atoms with van der Waals surface area (Å²) in [4.78, 5) is 32.7. The molecule has 0 saturated carbocycles. The molecular weight excluding hydrogens is 472 g/mol. The van der Waals surface area contributed by atoms with Gasteiger partial charge in [-0.1, -0.05) is 48.0 Å². The molecule has 196 valence electrons. The van der Waals surface area contributed by atoms with E-state index in [4.69, 9.17) is 0 Å². The lowest BCUT2D eigenvalue weighted by molar-refractivity contribution is -0.120.